The topological polar surface area (TPSA) is 60.8 Å². The summed E-state index contributed by atoms with van der Waals surface area (Å²) in [5.74, 6) is -1.56. The van der Waals surface area contributed by atoms with E-state index in [0.29, 0.717) is 6.42 Å². The van der Waals surface area contributed by atoms with Gasteiger partial charge in [-0.15, -0.1) is 0 Å². The predicted octanol–water partition coefficient (Wildman–Crippen LogP) is 0.161. The first-order chi connectivity index (χ1) is 5.95. The van der Waals surface area contributed by atoms with Gasteiger partial charge in [-0.3, -0.25) is 9.69 Å². The van der Waals surface area contributed by atoms with Crippen LogP contribution in [-0.4, -0.2) is 46.3 Å². The molecule has 0 spiro atoms. The lowest BCUT2D eigenvalue weighted by molar-refractivity contribution is -0.153. The molecule has 1 heterocycles. The smallest absolute Gasteiger partial charge is 0.310 e. The minimum atomic E-state index is -0.904. The second-order valence-corrected chi connectivity index (χ2v) is 3.92. The molecule has 2 N–H and O–H groups in total. The SMILES string of the molecule is CC1CC(O)C(C(=O)O)C(C)N1C. The van der Waals surface area contributed by atoms with Crippen LogP contribution in [0.15, 0.2) is 0 Å². The van der Waals surface area contributed by atoms with Gasteiger partial charge in [0.25, 0.3) is 0 Å². The molecule has 0 aliphatic carbocycles. The molecule has 4 nitrogen and oxygen atoms in total. The molecule has 4 unspecified atom stereocenters. The van der Waals surface area contributed by atoms with E-state index >= 15 is 0 Å². The Kier molecular flexibility index (Phi) is 2.93. The van der Waals surface area contributed by atoms with Gasteiger partial charge in [0.2, 0.25) is 0 Å². The van der Waals surface area contributed by atoms with Crippen molar-refractivity contribution < 1.29 is 15.0 Å². The second-order valence-electron chi connectivity index (χ2n) is 3.92. The molecule has 1 aliphatic rings. The second kappa shape index (κ2) is 3.64. The van der Waals surface area contributed by atoms with Crippen LogP contribution in [0.2, 0.25) is 0 Å². The number of hydrogen-bond acceptors (Lipinski definition) is 3. The molecule has 76 valence electrons. The van der Waals surface area contributed by atoms with Gasteiger partial charge < -0.3 is 10.2 Å². The quantitative estimate of drug-likeness (QED) is 0.614. The number of likely N-dealkylation sites (tertiary alicyclic amines) is 1. The molecule has 4 heteroatoms. The number of carboxylic acids is 1. The van der Waals surface area contributed by atoms with E-state index in [1.807, 2.05) is 25.8 Å². The fourth-order valence-corrected chi connectivity index (χ4v) is 2.01. The number of aliphatic carboxylic acids is 1. The zero-order valence-corrected chi connectivity index (χ0v) is 8.27. The zero-order valence-electron chi connectivity index (χ0n) is 8.27. The van der Waals surface area contributed by atoms with Crippen molar-refractivity contribution in [3.63, 3.8) is 0 Å². The van der Waals surface area contributed by atoms with Crippen LogP contribution in [-0.2, 0) is 4.79 Å². The third-order valence-corrected chi connectivity index (χ3v) is 3.14. The van der Waals surface area contributed by atoms with Crippen molar-refractivity contribution in [2.45, 2.75) is 38.5 Å². The normalized spacial score (nSPS) is 41.8. The summed E-state index contributed by atoms with van der Waals surface area (Å²) in [6.45, 7) is 3.84. The first kappa shape index (κ1) is 10.5. The Labute approximate surface area is 78.2 Å². The Morgan fingerprint density at radius 2 is 2.00 bits per heavy atom. The average Bonchev–Trinajstić information content (AvgIpc) is 1.99. The van der Waals surface area contributed by atoms with E-state index in [-0.39, 0.29) is 12.1 Å². The molecular formula is C9H17NO3. The van der Waals surface area contributed by atoms with E-state index in [1.54, 1.807) is 0 Å². The third-order valence-electron chi connectivity index (χ3n) is 3.14. The van der Waals surface area contributed by atoms with Gasteiger partial charge in [0.1, 0.15) is 0 Å². The fourth-order valence-electron chi connectivity index (χ4n) is 2.01. The maximum atomic E-state index is 10.8. The molecule has 1 saturated heterocycles. The number of hydrogen-bond donors (Lipinski definition) is 2. The molecule has 0 saturated carbocycles. The molecule has 0 aromatic heterocycles. The third kappa shape index (κ3) is 1.84. The fraction of sp³-hybridized carbons (Fsp3) is 0.889. The Morgan fingerprint density at radius 1 is 1.46 bits per heavy atom. The average molecular weight is 187 g/mol. The minimum Gasteiger partial charge on any atom is -0.481 e. The summed E-state index contributed by atoms with van der Waals surface area (Å²) in [6, 6.07) is 0.150. The van der Waals surface area contributed by atoms with Gasteiger partial charge in [-0.2, -0.15) is 0 Å². The summed E-state index contributed by atoms with van der Waals surface area (Å²) in [5, 5.41) is 18.5. The van der Waals surface area contributed by atoms with Crippen LogP contribution in [0.3, 0.4) is 0 Å². The number of piperidine rings is 1. The van der Waals surface area contributed by atoms with Crippen LogP contribution in [0, 0.1) is 5.92 Å². The molecule has 1 fully saturated rings. The van der Waals surface area contributed by atoms with Crippen LogP contribution in [0.5, 0.6) is 0 Å². The highest BCUT2D eigenvalue weighted by Crippen LogP contribution is 2.26. The number of rotatable bonds is 1. The van der Waals surface area contributed by atoms with Gasteiger partial charge in [-0.1, -0.05) is 0 Å². The molecule has 1 rings (SSSR count). The highest BCUT2D eigenvalue weighted by molar-refractivity contribution is 5.71. The zero-order chi connectivity index (χ0) is 10.2. The van der Waals surface area contributed by atoms with Crippen molar-refractivity contribution in [3.8, 4) is 0 Å². The summed E-state index contributed by atoms with van der Waals surface area (Å²) in [6.07, 6.45) is -0.170. The first-order valence-corrected chi connectivity index (χ1v) is 4.58. The monoisotopic (exact) mass is 187 g/mol. The molecule has 1 aliphatic heterocycles. The number of carbonyl (C=O) groups is 1. The van der Waals surface area contributed by atoms with Crippen molar-refractivity contribution in [2.75, 3.05) is 7.05 Å². The molecule has 4 atom stereocenters. The highest BCUT2D eigenvalue weighted by Gasteiger charge is 2.40. The molecule has 0 aromatic carbocycles. The molecular weight excluding hydrogens is 170 g/mol. The van der Waals surface area contributed by atoms with Gasteiger partial charge in [-0.25, -0.2) is 0 Å². The summed E-state index contributed by atoms with van der Waals surface area (Å²) >= 11 is 0. The van der Waals surface area contributed by atoms with E-state index < -0.39 is 18.0 Å². The summed E-state index contributed by atoms with van der Waals surface area (Å²) in [5.41, 5.74) is 0. The van der Waals surface area contributed by atoms with E-state index in [2.05, 4.69) is 0 Å². The van der Waals surface area contributed by atoms with Gasteiger partial charge >= 0.3 is 5.97 Å². The van der Waals surface area contributed by atoms with Gasteiger partial charge in [0, 0.05) is 12.1 Å². The maximum Gasteiger partial charge on any atom is 0.310 e. The van der Waals surface area contributed by atoms with Gasteiger partial charge in [0.05, 0.1) is 12.0 Å². The highest BCUT2D eigenvalue weighted by atomic mass is 16.4. The van der Waals surface area contributed by atoms with Gasteiger partial charge in [-0.05, 0) is 27.3 Å². The number of aliphatic hydroxyl groups excluding tert-OH is 1. The number of aliphatic hydroxyl groups is 1. The lowest BCUT2D eigenvalue weighted by atomic mass is 9.85. The van der Waals surface area contributed by atoms with Crippen molar-refractivity contribution in [3.05, 3.63) is 0 Å². The Morgan fingerprint density at radius 3 is 2.46 bits per heavy atom. The Hall–Kier alpha value is -0.610. The summed E-state index contributed by atoms with van der Waals surface area (Å²) in [7, 11) is 1.90. The van der Waals surface area contributed by atoms with Crippen LogP contribution < -0.4 is 0 Å². The van der Waals surface area contributed by atoms with Crippen molar-refractivity contribution in [1.29, 1.82) is 0 Å². The minimum absolute atomic E-state index is 0.101. The predicted molar refractivity (Wildman–Crippen MR) is 48.4 cm³/mol. The van der Waals surface area contributed by atoms with Crippen molar-refractivity contribution in [1.82, 2.24) is 4.90 Å². The van der Waals surface area contributed by atoms with Crippen molar-refractivity contribution >= 4 is 5.97 Å². The molecule has 0 radical (unpaired) electrons. The Balaban J connectivity index is 2.79. The van der Waals surface area contributed by atoms with E-state index in [4.69, 9.17) is 5.11 Å². The van der Waals surface area contributed by atoms with Crippen LogP contribution in [0.25, 0.3) is 0 Å². The van der Waals surface area contributed by atoms with E-state index in [1.165, 1.54) is 0 Å². The number of carboxylic acid groups (broad SMARTS) is 1. The first-order valence-electron chi connectivity index (χ1n) is 4.58. The molecule has 13 heavy (non-hydrogen) atoms. The Bertz CT molecular complexity index is 207. The van der Waals surface area contributed by atoms with Gasteiger partial charge in [0.15, 0.2) is 0 Å². The standard InChI is InChI=1S/C9H17NO3/c1-5-4-7(11)8(9(12)13)6(2)10(5)3/h5-8,11H,4H2,1-3H3,(H,12,13). The van der Waals surface area contributed by atoms with Crippen LogP contribution in [0.1, 0.15) is 20.3 Å². The largest absolute Gasteiger partial charge is 0.481 e. The van der Waals surface area contributed by atoms with E-state index in [0.717, 1.165) is 0 Å². The lowest BCUT2D eigenvalue weighted by Gasteiger charge is -2.42. The molecule has 0 bridgehead atoms. The van der Waals surface area contributed by atoms with E-state index in [9.17, 15) is 9.90 Å². The summed E-state index contributed by atoms with van der Waals surface area (Å²) < 4.78 is 0. The molecule has 0 amide bonds. The van der Waals surface area contributed by atoms with Crippen LogP contribution >= 0.6 is 0 Å². The maximum absolute atomic E-state index is 10.8. The lowest BCUT2D eigenvalue weighted by Crippen LogP contribution is -2.54. The summed E-state index contributed by atoms with van der Waals surface area (Å²) in [4.78, 5) is 12.8. The molecule has 0 aromatic rings. The number of nitrogens with zero attached hydrogens (tertiary/aromatic N) is 1. The van der Waals surface area contributed by atoms with Crippen molar-refractivity contribution in [2.24, 2.45) is 5.92 Å². The van der Waals surface area contributed by atoms with Crippen LogP contribution in [0.4, 0.5) is 0 Å².